The predicted octanol–water partition coefficient (Wildman–Crippen LogP) is 0.271. The molecule has 0 aromatic heterocycles. The Morgan fingerprint density at radius 2 is 1.83 bits per heavy atom. The molecule has 0 aliphatic carbocycles. The monoisotopic (exact) mass is 290 g/mol. The lowest BCUT2D eigenvalue weighted by molar-refractivity contribution is 0.253. The summed E-state index contributed by atoms with van der Waals surface area (Å²) in [6.45, 7) is 0. The lowest BCUT2D eigenvalue weighted by Gasteiger charge is -2.04. The molecule has 0 atom stereocenters. The van der Waals surface area contributed by atoms with Crippen molar-refractivity contribution in [3.63, 3.8) is 0 Å². The number of primary amides is 1. The first-order valence-electron chi connectivity index (χ1n) is 4.66. The Hall–Kier alpha value is -1.80. The van der Waals surface area contributed by atoms with E-state index in [1.807, 2.05) is 0 Å². The van der Waals surface area contributed by atoms with E-state index in [0.717, 1.165) is 0 Å². The molecule has 0 bridgehead atoms. The Bertz CT molecular complexity index is 568. The van der Waals surface area contributed by atoms with Crippen LogP contribution in [0.3, 0.4) is 0 Å². The molecule has 9 heteroatoms. The average molecular weight is 291 g/mol. The summed E-state index contributed by atoms with van der Waals surface area (Å²) in [5, 5.41) is 0. The molecule has 0 aliphatic rings. The number of halogens is 1. The molecule has 0 unspecified atom stereocenters. The number of nitrogens with one attached hydrogen (secondary N) is 1. The molecule has 0 fully saturated rings. The normalized spacial score (nSPS) is 12.2. The Morgan fingerprint density at radius 1 is 1.28 bits per heavy atom. The summed E-state index contributed by atoms with van der Waals surface area (Å²) in [6, 6.07) is 4.24. The number of rotatable bonds is 4. The van der Waals surface area contributed by atoms with Gasteiger partial charge in [-0.3, -0.25) is 0 Å². The van der Waals surface area contributed by atoms with Gasteiger partial charge in [-0.1, -0.05) is 0 Å². The number of hydrogen-bond acceptors (Lipinski definition) is 4. The van der Waals surface area contributed by atoms with Crippen LogP contribution in [0.5, 0.6) is 0 Å². The molecule has 0 saturated heterocycles. The smallest absolute Gasteiger partial charge is 0.326 e. The number of alkyl halides is 1. The second kappa shape index (κ2) is 5.69. The van der Waals surface area contributed by atoms with Gasteiger partial charge in [0, 0.05) is 0 Å². The third-order valence-corrected chi connectivity index (χ3v) is 3.43. The fourth-order valence-electron chi connectivity index (χ4n) is 1.09. The number of sulfonamides is 1. The zero-order valence-corrected chi connectivity index (χ0v) is 10.7. The first kappa shape index (κ1) is 14.3. The van der Waals surface area contributed by atoms with Crippen molar-refractivity contribution in [2.45, 2.75) is 4.90 Å². The van der Waals surface area contributed by atoms with Crippen LogP contribution in [-0.2, 0) is 10.0 Å². The van der Waals surface area contributed by atoms with Gasteiger partial charge in [0.05, 0.1) is 16.5 Å². The van der Waals surface area contributed by atoms with E-state index in [9.17, 15) is 13.2 Å². The quantitative estimate of drug-likeness (QED) is 0.418. The van der Waals surface area contributed by atoms with E-state index < -0.39 is 16.1 Å². The van der Waals surface area contributed by atoms with Crippen LogP contribution in [0.2, 0.25) is 0 Å². The third-order valence-electron chi connectivity index (χ3n) is 1.79. The van der Waals surface area contributed by atoms with Crippen LogP contribution in [0.25, 0.3) is 0 Å². The number of hydrogen-bond donors (Lipinski definition) is 3. The van der Waals surface area contributed by atoms with E-state index in [2.05, 4.69) is 4.99 Å². The minimum Gasteiger partial charge on any atom is -0.386 e. The highest BCUT2D eigenvalue weighted by Crippen LogP contribution is 2.16. The number of benzene rings is 1. The number of amidine groups is 1. The average Bonchev–Trinajstić information content (AvgIpc) is 2.28. The number of amides is 2. The standard InChI is InChI=1S/C9H11ClN4O3S/c10-5-8(11)13-6-1-3-7(4-2-6)18(16,17)14-9(12)15/h1-4H,5H2,(H2,11,13)(H3,12,14,15). The molecule has 0 heterocycles. The largest absolute Gasteiger partial charge is 0.386 e. The summed E-state index contributed by atoms with van der Waals surface area (Å²) < 4.78 is 24.7. The summed E-state index contributed by atoms with van der Waals surface area (Å²) in [5.41, 5.74) is 10.6. The van der Waals surface area contributed by atoms with Crippen LogP contribution in [-0.4, -0.2) is 26.2 Å². The van der Waals surface area contributed by atoms with Crippen molar-refractivity contribution >= 4 is 39.2 Å². The highest BCUT2D eigenvalue weighted by molar-refractivity contribution is 7.90. The summed E-state index contributed by atoms with van der Waals surface area (Å²) in [7, 11) is -3.94. The molecule has 2 amide bonds. The van der Waals surface area contributed by atoms with Gasteiger partial charge in [-0.2, -0.15) is 0 Å². The van der Waals surface area contributed by atoms with Crippen molar-refractivity contribution < 1.29 is 13.2 Å². The van der Waals surface area contributed by atoms with Crippen molar-refractivity contribution in [3.05, 3.63) is 24.3 Å². The molecule has 0 saturated carbocycles. The molecular weight excluding hydrogens is 280 g/mol. The van der Waals surface area contributed by atoms with Crippen LogP contribution in [0.1, 0.15) is 0 Å². The summed E-state index contributed by atoms with van der Waals surface area (Å²) in [6.07, 6.45) is 0. The predicted molar refractivity (Wildman–Crippen MR) is 68.3 cm³/mol. The fraction of sp³-hybridized carbons (Fsp3) is 0.111. The van der Waals surface area contributed by atoms with E-state index in [1.165, 1.54) is 24.3 Å². The lowest BCUT2D eigenvalue weighted by atomic mass is 10.3. The molecule has 5 N–H and O–H groups in total. The van der Waals surface area contributed by atoms with Gasteiger partial charge in [-0.15, -0.1) is 11.6 Å². The molecular formula is C9H11ClN4O3S. The summed E-state index contributed by atoms with van der Waals surface area (Å²) >= 11 is 5.45. The van der Waals surface area contributed by atoms with E-state index in [-0.39, 0.29) is 16.6 Å². The van der Waals surface area contributed by atoms with Crippen LogP contribution in [0.4, 0.5) is 10.5 Å². The van der Waals surface area contributed by atoms with Gasteiger partial charge in [-0.25, -0.2) is 22.9 Å². The first-order valence-corrected chi connectivity index (χ1v) is 6.68. The Balaban J connectivity index is 3.00. The van der Waals surface area contributed by atoms with Crippen molar-refractivity contribution in [1.82, 2.24) is 4.72 Å². The topological polar surface area (TPSA) is 128 Å². The maximum atomic E-state index is 11.5. The maximum Gasteiger partial charge on any atom is 0.326 e. The Morgan fingerprint density at radius 3 is 2.28 bits per heavy atom. The van der Waals surface area contributed by atoms with Crippen molar-refractivity contribution in [3.8, 4) is 0 Å². The highest BCUT2D eigenvalue weighted by Gasteiger charge is 2.15. The Kier molecular flexibility index (Phi) is 4.51. The van der Waals surface area contributed by atoms with Crippen molar-refractivity contribution in [2.24, 2.45) is 16.5 Å². The van der Waals surface area contributed by atoms with Gasteiger partial charge in [0.1, 0.15) is 5.84 Å². The number of carbonyl (C=O) groups is 1. The second-order valence-corrected chi connectivity index (χ2v) is 5.15. The van der Waals surface area contributed by atoms with E-state index in [0.29, 0.717) is 5.69 Å². The third kappa shape index (κ3) is 3.90. The molecule has 18 heavy (non-hydrogen) atoms. The molecule has 98 valence electrons. The maximum absolute atomic E-state index is 11.5. The molecule has 0 spiro atoms. The van der Waals surface area contributed by atoms with Crippen molar-refractivity contribution in [1.29, 1.82) is 0 Å². The fourth-order valence-corrected chi connectivity index (χ4v) is 2.02. The van der Waals surface area contributed by atoms with Crippen LogP contribution >= 0.6 is 11.6 Å². The second-order valence-electron chi connectivity index (χ2n) is 3.20. The SMILES string of the molecule is NC(=O)NS(=O)(=O)c1ccc(N=C(N)CCl)cc1. The lowest BCUT2D eigenvalue weighted by Crippen LogP contribution is -2.34. The highest BCUT2D eigenvalue weighted by atomic mass is 35.5. The van der Waals surface area contributed by atoms with E-state index in [1.54, 1.807) is 4.72 Å². The molecule has 1 rings (SSSR count). The molecule has 7 nitrogen and oxygen atoms in total. The van der Waals surface area contributed by atoms with Crippen LogP contribution < -0.4 is 16.2 Å². The van der Waals surface area contributed by atoms with Gasteiger partial charge in [0.2, 0.25) is 0 Å². The van der Waals surface area contributed by atoms with Crippen molar-refractivity contribution in [2.75, 3.05) is 5.88 Å². The van der Waals surface area contributed by atoms with Gasteiger partial charge >= 0.3 is 6.03 Å². The zero-order valence-electron chi connectivity index (χ0n) is 9.13. The number of carbonyl (C=O) groups excluding carboxylic acids is 1. The Labute approximate surface area is 109 Å². The summed E-state index contributed by atoms with van der Waals surface area (Å²) in [4.78, 5) is 14.3. The van der Waals surface area contributed by atoms with Gasteiger partial charge < -0.3 is 11.5 Å². The molecule has 0 aliphatic heterocycles. The summed E-state index contributed by atoms with van der Waals surface area (Å²) in [5.74, 6) is 0.283. The number of nitrogens with two attached hydrogens (primary N) is 2. The van der Waals surface area contributed by atoms with Gasteiger partial charge in [0.15, 0.2) is 0 Å². The molecule has 1 aromatic rings. The van der Waals surface area contributed by atoms with Gasteiger partial charge in [0.25, 0.3) is 10.0 Å². The van der Waals surface area contributed by atoms with Gasteiger partial charge in [-0.05, 0) is 24.3 Å². The number of nitrogens with zero attached hydrogens (tertiary/aromatic N) is 1. The first-order chi connectivity index (χ1) is 8.35. The van der Waals surface area contributed by atoms with Crippen LogP contribution in [0.15, 0.2) is 34.2 Å². The zero-order chi connectivity index (χ0) is 13.8. The number of aliphatic imine (C=N–C) groups is 1. The minimum absolute atomic E-state index is 0.0727. The van der Waals surface area contributed by atoms with Crippen LogP contribution in [0, 0.1) is 0 Å². The number of urea groups is 1. The van der Waals surface area contributed by atoms with E-state index in [4.69, 9.17) is 23.1 Å². The molecule has 1 aromatic carbocycles. The van der Waals surface area contributed by atoms with E-state index >= 15 is 0 Å². The minimum atomic E-state index is -3.94. The molecule has 0 radical (unpaired) electrons.